The van der Waals surface area contributed by atoms with Gasteiger partial charge in [-0.05, 0) is 36.4 Å². The predicted molar refractivity (Wildman–Crippen MR) is 57.4 cm³/mol. The van der Waals surface area contributed by atoms with Crippen LogP contribution in [0.25, 0.3) is 10.6 Å². The van der Waals surface area contributed by atoms with Gasteiger partial charge >= 0.3 is 0 Å². The first-order valence-electron chi connectivity index (χ1n) is 4.67. The Balaban J connectivity index is 2.08. The molecule has 2 heterocycles. The van der Waals surface area contributed by atoms with Crippen LogP contribution < -0.4 is 5.11 Å². The molecule has 2 aromatic heterocycles. The number of carboxylic acids is 1. The molecule has 0 fully saturated rings. The highest BCUT2D eigenvalue weighted by Gasteiger charge is 2.02. The number of rotatable bonds is 4. The number of aryl methyl sites for hydroxylation is 1. The molecule has 78 valence electrons. The molecule has 0 atom stereocenters. The molecule has 0 aliphatic rings. The zero-order chi connectivity index (χ0) is 10.7. The van der Waals surface area contributed by atoms with Crippen molar-refractivity contribution in [2.24, 2.45) is 0 Å². The third-order valence-electron chi connectivity index (χ3n) is 2.13. The van der Waals surface area contributed by atoms with E-state index in [-0.39, 0.29) is 6.42 Å². The van der Waals surface area contributed by atoms with Crippen molar-refractivity contribution in [1.29, 1.82) is 0 Å². The van der Waals surface area contributed by atoms with E-state index >= 15 is 0 Å². The number of aromatic nitrogens is 1. The van der Waals surface area contributed by atoms with Crippen LogP contribution in [0.2, 0.25) is 0 Å². The van der Waals surface area contributed by atoms with Crippen LogP contribution in [0.4, 0.5) is 0 Å². The highest BCUT2D eigenvalue weighted by molar-refractivity contribution is 7.13. The Morgan fingerprint density at radius 3 is 2.93 bits per heavy atom. The van der Waals surface area contributed by atoms with Gasteiger partial charge in [-0.15, -0.1) is 11.3 Å². The van der Waals surface area contributed by atoms with Gasteiger partial charge in [-0.2, -0.15) is 0 Å². The second-order valence-corrected chi connectivity index (χ2v) is 4.19. The summed E-state index contributed by atoms with van der Waals surface area (Å²) in [6, 6.07) is 7.90. The fourth-order valence-electron chi connectivity index (χ4n) is 1.40. The number of aromatic amines is 1. The highest BCUT2D eigenvalue weighted by atomic mass is 32.1. The molecular formula is C11H10NO2S-. The van der Waals surface area contributed by atoms with E-state index in [9.17, 15) is 9.90 Å². The summed E-state index contributed by atoms with van der Waals surface area (Å²) in [5, 5.41) is 12.3. The van der Waals surface area contributed by atoms with Crippen molar-refractivity contribution in [2.75, 3.05) is 0 Å². The molecule has 0 bridgehead atoms. The van der Waals surface area contributed by atoms with E-state index in [4.69, 9.17) is 0 Å². The zero-order valence-corrected chi connectivity index (χ0v) is 8.84. The van der Waals surface area contributed by atoms with Crippen molar-refractivity contribution in [3.05, 3.63) is 35.3 Å². The molecule has 0 unspecified atom stereocenters. The molecule has 0 aliphatic carbocycles. The second-order valence-electron chi connectivity index (χ2n) is 3.25. The number of nitrogens with one attached hydrogen (secondary N) is 1. The molecule has 2 rings (SSSR count). The Morgan fingerprint density at radius 2 is 2.27 bits per heavy atom. The number of aliphatic carboxylic acids is 1. The zero-order valence-electron chi connectivity index (χ0n) is 8.03. The monoisotopic (exact) mass is 220 g/mol. The molecule has 1 N–H and O–H groups in total. The Hall–Kier alpha value is -1.55. The molecule has 4 heteroatoms. The van der Waals surface area contributed by atoms with E-state index in [1.807, 2.05) is 29.6 Å². The van der Waals surface area contributed by atoms with E-state index in [0.717, 1.165) is 16.3 Å². The molecule has 0 saturated carbocycles. The van der Waals surface area contributed by atoms with Crippen molar-refractivity contribution in [2.45, 2.75) is 12.8 Å². The van der Waals surface area contributed by atoms with E-state index < -0.39 is 5.97 Å². The van der Waals surface area contributed by atoms with Gasteiger partial charge in [-0.25, -0.2) is 0 Å². The first-order chi connectivity index (χ1) is 7.25. The number of thiophene rings is 1. The van der Waals surface area contributed by atoms with Crippen LogP contribution in [0.1, 0.15) is 12.1 Å². The smallest absolute Gasteiger partial charge is 0.0557 e. The van der Waals surface area contributed by atoms with Crippen molar-refractivity contribution in [1.82, 2.24) is 4.98 Å². The number of hydrogen-bond acceptors (Lipinski definition) is 3. The topological polar surface area (TPSA) is 55.9 Å². The van der Waals surface area contributed by atoms with Crippen LogP contribution in [0.3, 0.4) is 0 Å². The first-order valence-corrected chi connectivity index (χ1v) is 5.55. The van der Waals surface area contributed by atoms with E-state index in [0.29, 0.717) is 6.42 Å². The third-order valence-corrected chi connectivity index (χ3v) is 3.03. The summed E-state index contributed by atoms with van der Waals surface area (Å²) < 4.78 is 0. The summed E-state index contributed by atoms with van der Waals surface area (Å²) in [6.45, 7) is 0. The highest BCUT2D eigenvalue weighted by Crippen LogP contribution is 2.23. The Morgan fingerprint density at radius 1 is 1.40 bits per heavy atom. The number of carbonyl (C=O) groups excluding carboxylic acids is 1. The lowest BCUT2D eigenvalue weighted by molar-refractivity contribution is -0.305. The van der Waals surface area contributed by atoms with Gasteiger partial charge in [-0.3, -0.25) is 0 Å². The van der Waals surface area contributed by atoms with Gasteiger partial charge in [0.2, 0.25) is 0 Å². The number of H-pyrrole nitrogens is 1. The van der Waals surface area contributed by atoms with Gasteiger partial charge in [0.05, 0.1) is 10.6 Å². The quantitative estimate of drug-likeness (QED) is 0.847. The Labute approximate surface area is 91.4 Å². The van der Waals surface area contributed by atoms with Crippen molar-refractivity contribution in [3.63, 3.8) is 0 Å². The molecular weight excluding hydrogens is 210 g/mol. The van der Waals surface area contributed by atoms with Gasteiger partial charge in [0, 0.05) is 11.7 Å². The lowest BCUT2D eigenvalue weighted by Crippen LogP contribution is -2.22. The molecule has 0 saturated heterocycles. The summed E-state index contributed by atoms with van der Waals surface area (Å²) in [7, 11) is 0. The molecule has 0 aromatic carbocycles. The molecule has 0 spiro atoms. The Kier molecular flexibility index (Phi) is 2.87. The van der Waals surface area contributed by atoms with E-state index in [1.165, 1.54) is 0 Å². The summed E-state index contributed by atoms with van der Waals surface area (Å²) in [5.74, 6) is -1.01. The molecule has 0 aliphatic heterocycles. The van der Waals surface area contributed by atoms with E-state index in [1.54, 1.807) is 11.3 Å². The molecule has 0 amide bonds. The number of carboxylic acid groups (broad SMARTS) is 1. The van der Waals surface area contributed by atoms with Gasteiger partial charge in [0.1, 0.15) is 0 Å². The predicted octanol–water partition coefficient (Wildman–Crippen LogP) is 1.43. The maximum atomic E-state index is 10.3. The van der Waals surface area contributed by atoms with Crippen LogP contribution in [-0.4, -0.2) is 11.0 Å². The molecule has 2 aromatic rings. The molecule has 0 radical (unpaired) electrons. The van der Waals surface area contributed by atoms with Crippen LogP contribution in [0.5, 0.6) is 0 Å². The largest absolute Gasteiger partial charge is 0.550 e. The molecule has 15 heavy (non-hydrogen) atoms. The summed E-state index contributed by atoms with van der Waals surface area (Å²) in [5.41, 5.74) is 1.97. The van der Waals surface area contributed by atoms with E-state index in [2.05, 4.69) is 4.98 Å². The van der Waals surface area contributed by atoms with Crippen molar-refractivity contribution in [3.8, 4) is 10.6 Å². The van der Waals surface area contributed by atoms with Crippen molar-refractivity contribution >= 4 is 17.3 Å². The normalized spacial score (nSPS) is 10.4. The molecule has 3 nitrogen and oxygen atoms in total. The van der Waals surface area contributed by atoms with Crippen LogP contribution >= 0.6 is 11.3 Å². The first kappa shape index (κ1) is 9.98. The van der Waals surface area contributed by atoms with Crippen LogP contribution in [0.15, 0.2) is 29.6 Å². The summed E-state index contributed by atoms with van der Waals surface area (Å²) >= 11 is 1.65. The number of hydrogen-bond donors (Lipinski definition) is 1. The SMILES string of the molecule is O=C([O-])CCc1ccc(-c2cccs2)[nH]1. The minimum absolute atomic E-state index is 0.0599. The second kappa shape index (κ2) is 4.31. The fourth-order valence-corrected chi connectivity index (χ4v) is 2.11. The van der Waals surface area contributed by atoms with Crippen molar-refractivity contribution < 1.29 is 9.90 Å². The van der Waals surface area contributed by atoms with Gasteiger partial charge in [0.15, 0.2) is 0 Å². The van der Waals surface area contributed by atoms with Gasteiger partial charge in [-0.1, -0.05) is 6.07 Å². The fraction of sp³-hybridized carbons (Fsp3) is 0.182. The lowest BCUT2D eigenvalue weighted by atomic mass is 10.2. The maximum Gasteiger partial charge on any atom is 0.0557 e. The minimum atomic E-state index is -1.01. The summed E-state index contributed by atoms with van der Waals surface area (Å²) in [4.78, 5) is 14.6. The Bertz CT molecular complexity index is 445. The summed E-state index contributed by atoms with van der Waals surface area (Å²) in [6.07, 6.45) is 0.554. The lowest BCUT2D eigenvalue weighted by Gasteiger charge is -1.99. The third kappa shape index (κ3) is 2.47. The minimum Gasteiger partial charge on any atom is -0.550 e. The van der Waals surface area contributed by atoms with Gasteiger partial charge < -0.3 is 14.9 Å². The standard InChI is InChI=1S/C11H11NO2S/c13-11(14)6-4-8-3-5-9(12-8)10-2-1-7-15-10/h1-3,5,7,12H,4,6H2,(H,13,14)/p-1. The van der Waals surface area contributed by atoms with Gasteiger partial charge in [0.25, 0.3) is 0 Å². The average molecular weight is 220 g/mol. The maximum absolute atomic E-state index is 10.3. The average Bonchev–Trinajstić information content (AvgIpc) is 2.85. The number of carbonyl (C=O) groups is 1. The van der Waals surface area contributed by atoms with Crippen LogP contribution in [0, 0.1) is 0 Å². The van der Waals surface area contributed by atoms with Crippen LogP contribution in [-0.2, 0) is 11.2 Å².